The summed E-state index contributed by atoms with van der Waals surface area (Å²) in [5.41, 5.74) is 1.63. The SMILES string of the molecule is OC(CF)c1cnn(Cc2ccccc2)c1. The summed E-state index contributed by atoms with van der Waals surface area (Å²) in [5, 5.41) is 13.4. The molecule has 0 saturated heterocycles. The number of benzene rings is 1. The van der Waals surface area contributed by atoms with Crippen molar-refractivity contribution in [3.63, 3.8) is 0 Å². The first kappa shape index (κ1) is 10.8. The van der Waals surface area contributed by atoms with Crippen molar-refractivity contribution in [1.29, 1.82) is 0 Å². The highest BCUT2D eigenvalue weighted by Crippen LogP contribution is 2.12. The predicted octanol–water partition coefficient (Wildman–Crippen LogP) is 1.93. The number of alkyl halides is 1. The van der Waals surface area contributed by atoms with Gasteiger partial charge in [0.1, 0.15) is 12.8 Å². The van der Waals surface area contributed by atoms with Gasteiger partial charge in [0, 0.05) is 11.8 Å². The van der Waals surface area contributed by atoms with Crippen LogP contribution in [0.25, 0.3) is 0 Å². The zero-order valence-electron chi connectivity index (χ0n) is 8.75. The van der Waals surface area contributed by atoms with Crippen LogP contribution in [0.1, 0.15) is 17.2 Å². The summed E-state index contributed by atoms with van der Waals surface area (Å²) >= 11 is 0. The molecule has 0 aliphatic carbocycles. The van der Waals surface area contributed by atoms with Gasteiger partial charge in [0.25, 0.3) is 0 Å². The first-order valence-corrected chi connectivity index (χ1v) is 5.10. The second-order valence-electron chi connectivity index (χ2n) is 3.63. The number of aromatic nitrogens is 2. The van der Waals surface area contributed by atoms with Crippen LogP contribution < -0.4 is 0 Å². The lowest BCUT2D eigenvalue weighted by Crippen LogP contribution is -2.00. The monoisotopic (exact) mass is 220 g/mol. The summed E-state index contributed by atoms with van der Waals surface area (Å²) in [5.74, 6) is 0. The van der Waals surface area contributed by atoms with E-state index in [2.05, 4.69) is 5.10 Å². The number of aliphatic hydroxyl groups excluding tert-OH is 1. The van der Waals surface area contributed by atoms with Crippen LogP contribution in [0.3, 0.4) is 0 Å². The zero-order chi connectivity index (χ0) is 11.4. The molecule has 0 amide bonds. The molecule has 16 heavy (non-hydrogen) atoms. The third-order valence-corrected chi connectivity index (χ3v) is 2.37. The van der Waals surface area contributed by atoms with Crippen molar-refractivity contribution < 1.29 is 9.50 Å². The van der Waals surface area contributed by atoms with E-state index in [1.54, 1.807) is 10.9 Å². The van der Waals surface area contributed by atoms with E-state index in [0.717, 1.165) is 5.56 Å². The summed E-state index contributed by atoms with van der Waals surface area (Å²) < 4.78 is 13.9. The number of hydrogen-bond donors (Lipinski definition) is 1. The Bertz CT molecular complexity index is 441. The van der Waals surface area contributed by atoms with Crippen LogP contribution >= 0.6 is 0 Å². The summed E-state index contributed by atoms with van der Waals surface area (Å²) in [6.45, 7) is -0.156. The molecule has 1 atom stereocenters. The molecular weight excluding hydrogens is 207 g/mol. The van der Waals surface area contributed by atoms with Gasteiger partial charge < -0.3 is 5.11 Å². The van der Waals surface area contributed by atoms with Gasteiger partial charge in [-0.15, -0.1) is 0 Å². The van der Waals surface area contributed by atoms with E-state index in [1.165, 1.54) is 6.20 Å². The Hall–Kier alpha value is -1.68. The molecule has 0 fully saturated rings. The van der Waals surface area contributed by atoms with E-state index in [9.17, 15) is 9.50 Å². The zero-order valence-corrected chi connectivity index (χ0v) is 8.75. The highest BCUT2D eigenvalue weighted by molar-refractivity contribution is 5.16. The van der Waals surface area contributed by atoms with Gasteiger partial charge in [-0.1, -0.05) is 30.3 Å². The summed E-state index contributed by atoms with van der Waals surface area (Å²) in [7, 11) is 0. The number of halogens is 1. The van der Waals surface area contributed by atoms with Crippen LogP contribution in [-0.2, 0) is 6.54 Å². The van der Waals surface area contributed by atoms with E-state index in [-0.39, 0.29) is 0 Å². The number of rotatable bonds is 4. The average Bonchev–Trinajstić information content (AvgIpc) is 2.78. The fourth-order valence-electron chi connectivity index (χ4n) is 1.50. The van der Waals surface area contributed by atoms with Crippen LogP contribution in [0.2, 0.25) is 0 Å². The van der Waals surface area contributed by atoms with Crippen molar-refractivity contribution in [3.05, 3.63) is 53.9 Å². The van der Waals surface area contributed by atoms with Crippen molar-refractivity contribution in [1.82, 2.24) is 9.78 Å². The molecule has 84 valence electrons. The van der Waals surface area contributed by atoms with Gasteiger partial charge in [-0.2, -0.15) is 5.10 Å². The molecule has 2 rings (SSSR count). The molecular formula is C12H13FN2O. The van der Waals surface area contributed by atoms with Crippen molar-refractivity contribution in [2.75, 3.05) is 6.67 Å². The topological polar surface area (TPSA) is 38.1 Å². The molecule has 0 saturated carbocycles. The molecule has 4 heteroatoms. The Morgan fingerprint density at radius 1 is 1.31 bits per heavy atom. The normalized spacial score (nSPS) is 12.6. The van der Waals surface area contributed by atoms with Gasteiger partial charge >= 0.3 is 0 Å². The quantitative estimate of drug-likeness (QED) is 0.855. The lowest BCUT2D eigenvalue weighted by Gasteiger charge is -2.02. The Morgan fingerprint density at radius 2 is 2.06 bits per heavy atom. The van der Waals surface area contributed by atoms with E-state index in [1.807, 2.05) is 30.3 Å². The second kappa shape index (κ2) is 4.90. The molecule has 0 bridgehead atoms. The summed E-state index contributed by atoms with van der Waals surface area (Å²) in [4.78, 5) is 0. The predicted molar refractivity (Wildman–Crippen MR) is 58.7 cm³/mol. The Kier molecular flexibility index (Phi) is 3.31. The van der Waals surface area contributed by atoms with E-state index in [4.69, 9.17) is 0 Å². The van der Waals surface area contributed by atoms with E-state index < -0.39 is 12.8 Å². The first-order valence-electron chi connectivity index (χ1n) is 5.10. The molecule has 3 nitrogen and oxygen atoms in total. The standard InChI is InChI=1S/C12H13FN2O/c13-6-12(16)11-7-14-15(9-11)8-10-4-2-1-3-5-10/h1-5,7,9,12,16H,6,8H2. The average molecular weight is 220 g/mol. The number of nitrogens with zero attached hydrogens (tertiary/aromatic N) is 2. The smallest absolute Gasteiger partial charge is 0.120 e. The van der Waals surface area contributed by atoms with Crippen molar-refractivity contribution in [2.24, 2.45) is 0 Å². The van der Waals surface area contributed by atoms with Crippen molar-refractivity contribution in [3.8, 4) is 0 Å². The van der Waals surface area contributed by atoms with E-state index in [0.29, 0.717) is 12.1 Å². The third-order valence-electron chi connectivity index (χ3n) is 2.37. The highest BCUT2D eigenvalue weighted by atomic mass is 19.1. The van der Waals surface area contributed by atoms with Crippen molar-refractivity contribution >= 4 is 0 Å². The molecule has 0 aliphatic heterocycles. The first-order chi connectivity index (χ1) is 7.79. The Labute approximate surface area is 93.2 Å². The Morgan fingerprint density at radius 3 is 2.75 bits per heavy atom. The van der Waals surface area contributed by atoms with Gasteiger partial charge in [-0.3, -0.25) is 4.68 Å². The molecule has 1 aromatic heterocycles. The van der Waals surface area contributed by atoms with Crippen LogP contribution in [0.15, 0.2) is 42.7 Å². The summed E-state index contributed by atoms with van der Waals surface area (Å²) in [6.07, 6.45) is 2.09. The van der Waals surface area contributed by atoms with Gasteiger partial charge in [-0.25, -0.2) is 4.39 Å². The molecule has 0 spiro atoms. The largest absolute Gasteiger partial charge is 0.386 e. The summed E-state index contributed by atoms with van der Waals surface area (Å²) in [6, 6.07) is 9.84. The molecule has 1 heterocycles. The molecule has 1 N–H and O–H groups in total. The second-order valence-corrected chi connectivity index (χ2v) is 3.63. The van der Waals surface area contributed by atoms with Gasteiger partial charge in [-0.05, 0) is 5.56 Å². The molecule has 2 aromatic rings. The van der Waals surface area contributed by atoms with Crippen LogP contribution in [-0.4, -0.2) is 21.6 Å². The van der Waals surface area contributed by atoms with Crippen molar-refractivity contribution in [2.45, 2.75) is 12.6 Å². The number of hydrogen-bond acceptors (Lipinski definition) is 2. The van der Waals surface area contributed by atoms with Gasteiger partial charge in [0.15, 0.2) is 0 Å². The maximum Gasteiger partial charge on any atom is 0.120 e. The highest BCUT2D eigenvalue weighted by Gasteiger charge is 2.09. The van der Waals surface area contributed by atoms with Crippen LogP contribution in [0.4, 0.5) is 4.39 Å². The minimum atomic E-state index is -1.07. The minimum absolute atomic E-state index is 0.512. The van der Waals surface area contributed by atoms with Gasteiger partial charge in [0.05, 0.1) is 12.7 Å². The molecule has 1 unspecified atom stereocenters. The maximum absolute atomic E-state index is 12.2. The van der Waals surface area contributed by atoms with Crippen LogP contribution in [0.5, 0.6) is 0 Å². The maximum atomic E-state index is 12.2. The minimum Gasteiger partial charge on any atom is -0.386 e. The lowest BCUT2D eigenvalue weighted by atomic mass is 10.2. The third kappa shape index (κ3) is 2.46. The molecule has 0 radical (unpaired) electrons. The van der Waals surface area contributed by atoms with E-state index >= 15 is 0 Å². The van der Waals surface area contributed by atoms with Gasteiger partial charge in [0.2, 0.25) is 0 Å². The number of aliphatic hydroxyl groups is 1. The van der Waals surface area contributed by atoms with Crippen LogP contribution in [0, 0.1) is 0 Å². The molecule has 1 aromatic carbocycles. The fourth-order valence-corrected chi connectivity index (χ4v) is 1.50. The molecule has 0 aliphatic rings. The Balaban J connectivity index is 2.09. The fraction of sp³-hybridized carbons (Fsp3) is 0.250. The lowest BCUT2D eigenvalue weighted by molar-refractivity contribution is 0.141.